The van der Waals surface area contributed by atoms with Gasteiger partial charge in [0.15, 0.2) is 0 Å². The Morgan fingerprint density at radius 1 is 1.04 bits per heavy atom. The molecule has 0 radical (unpaired) electrons. The van der Waals surface area contributed by atoms with Crippen LogP contribution in [0.3, 0.4) is 0 Å². The Balaban J connectivity index is 1.47. The number of nitrogens with zero attached hydrogens (tertiary/aromatic N) is 1. The van der Waals surface area contributed by atoms with Gasteiger partial charge in [0.1, 0.15) is 0 Å². The summed E-state index contributed by atoms with van der Waals surface area (Å²) >= 11 is 0. The Hall–Kier alpha value is -3.48. The van der Waals surface area contributed by atoms with Crippen molar-refractivity contribution in [3.63, 3.8) is 0 Å². The zero-order valence-electron chi connectivity index (χ0n) is 14.6. The number of benzene rings is 2. The van der Waals surface area contributed by atoms with Crippen LogP contribution in [0.2, 0.25) is 0 Å². The van der Waals surface area contributed by atoms with Gasteiger partial charge in [0.05, 0.1) is 17.0 Å². The van der Waals surface area contributed by atoms with Gasteiger partial charge in [0, 0.05) is 24.3 Å². The molecule has 1 saturated heterocycles. The average molecular weight is 363 g/mol. The highest BCUT2D eigenvalue weighted by molar-refractivity contribution is 6.22. The molecule has 2 aromatic rings. The number of carbonyl (C=O) groups is 4. The largest absolute Gasteiger partial charge is 0.326 e. The van der Waals surface area contributed by atoms with Crippen LogP contribution in [0.4, 0.5) is 11.4 Å². The molecule has 136 valence electrons. The number of anilines is 2. The molecule has 4 rings (SSSR count). The van der Waals surface area contributed by atoms with Gasteiger partial charge in [-0.15, -0.1) is 0 Å². The summed E-state index contributed by atoms with van der Waals surface area (Å²) in [6.07, 6.45) is 0.129. The van der Waals surface area contributed by atoms with Crippen LogP contribution in [0.25, 0.3) is 0 Å². The first kappa shape index (κ1) is 17.0. The van der Waals surface area contributed by atoms with E-state index in [1.54, 1.807) is 11.0 Å². The lowest BCUT2D eigenvalue weighted by Gasteiger charge is -2.17. The predicted molar refractivity (Wildman–Crippen MR) is 98.5 cm³/mol. The van der Waals surface area contributed by atoms with Crippen molar-refractivity contribution in [3.8, 4) is 0 Å². The molecule has 7 heteroatoms. The van der Waals surface area contributed by atoms with Gasteiger partial charge in [-0.25, -0.2) is 0 Å². The molecule has 4 amide bonds. The Morgan fingerprint density at radius 2 is 1.74 bits per heavy atom. The van der Waals surface area contributed by atoms with Gasteiger partial charge in [-0.05, 0) is 37.3 Å². The highest BCUT2D eigenvalue weighted by Crippen LogP contribution is 2.27. The number of aryl methyl sites for hydroxylation is 1. The topological polar surface area (TPSA) is 95.6 Å². The quantitative estimate of drug-likeness (QED) is 0.814. The van der Waals surface area contributed by atoms with Crippen LogP contribution in [0.5, 0.6) is 0 Å². The first-order valence-corrected chi connectivity index (χ1v) is 8.60. The fourth-order valence-corrected chi connectivity index (χ4v) is 3.35. The fourth-order valence-electron chi connectivity index (χ4n) is 3.35. The lowest BCUT2D eigenvalue weighted by Crippen LogP contribution is -2.28. The second kappa shape index (κ2) is 6.35. The minimum Gasteiger partial charge on any atom is -0.326 e. The SMILES string of the molecule is Cc1ccc(N2CC(C(=O)Nc3ccc4c(c3)C(=O)NC4=O)CC2=O)cc1. The molecule has 2 aromatic carbocycles. The number of imide groups is 1. The van der Waals surface area contributed by atoms with Crippen LogP contribution in [0.15, 0.2) is 42.5 Å². The Morgan fingerprint density at radius 3 is 2.48 bits per heavy atom. The Kier molecular flexibility index (Phi) is 3.99. The van der Waals surface area contributed by atoms with E-state index >= 15 is 0 Å². The fraction of sp³-hybridized carbons (Fsp3) is 0.200. The van der Waals surface area contributed by atoms with Crippen LogP contribution in [0, 0.1) is 12.8 Å². The van der Waals surface area contributed by atoms with Crippen LogP contribution < -0.4 is 15.5 Å². The molecule has 2 N–H and O–H groups in total. The zero-order chi connectivity index (χ0) is 19.1. The van der Waals surface area contributed by atoms with E-state index in [0.29, 0.717) is 17.8 Å². The lowest BCUT2D eigenvalue weighted by molar-refractivity contribution is -0.122. The summed E-state index contributed by atoms with van der Waals surface area (Å²) in [6, 6.07) is 12.1. The lowest BCUT2D eigenvalue weighted by atomic mass is 10.1. The van der Waals surface area contributed by atoms with E-state index < -0.39 is 17.7 Å². The number of carbonyl (C=O) groups excluding carboxylic acids is 4. The molecule has 2 aliphatic heterocycles. The Bertz CT molecular complexity index is 981. The molecule has 0 saturated carbocycles. The summed E-state index contributed by atoms with van der Waals surface area (Å²) in [5, 5.41) is 4.95. The number of hydrogen-bond donors (Lipinski definition) is 2. The highest BCUT2D eigenvalue weighted by atomic mass is 16.2. The number of fused-ring (bicyclic) bond motifs is 1. The molecule has 27 heavy (non-hydrogen) atoms. The molecule has 0 spiro atoms. The maximum atomic E-state index is 12.6. The van der Waals surface area contributed by atoms with Gasteiger partial charge in [-0.2, -0.15) is 0 Å². The van der Waals surface area contributed by atoms with Crippen LogP contribution in [-0.4, -0.2) is 30.2 Å². The van der Waals surface area contributed by atoms with Crippen molar-refractivity contribution in [2.45, 2.75) is 13.3 Å². The summed E-state index contributed by atoms with van der Waals surface area (Å²) in [6.45, 7) is 2.27. The third kappa shape index (κ3) is 3.08. The molecular weight excluding hydrogens is 346 g/mol. The normalized spacial score (nSPS) is 18.5. The van der Waals surface area contributed by atoms with E-state index in [-0.39, 0.29) is 23.8 Å². The first-order valence-electron chi connectivity index (χ1n) is 8.60. The monoisotopic (exact) mass is 363 g/mol. The van der Waals surface area contributed by atoms with Crippen molar-refractivity contribution < 1.29 is 19.2 Å². The minimum absolute atomic E-state index is 0.0991. The van der Waals surface area contributed by atoms with Gasteiger partial charge >= 0.3 is 0 Å². The second-order valence-electron chi connectivity index (χ2n) is 6.77. The van der Waals surface area contributed by atoms with Gasteiger partial charge in [-0.1, -0.05) is 17.7 Å². The molecule has 7 nitrogen and oxygen atoms in total. The van der Waals surface area contributed by atoms with Crippen LogP contribution in [0.1, 0.15) is 32.7 Å². The van der Waals surface area contributed by atoms with Crippen molar-refractivity contribution in [1.29, 1.82) is 0 Å². The van der Waals surface area contributed by atoms with E-state index in [9.17, 15) is 19.2 Å². The number of hydrogen-bond acceptors (Lipinski definition) is 4. The molecule has 1 atom stereocenters. The van der Waals surface area contributed by atoms with Crippen LogP contribution >= 0.6 is 0 Å². The standard InChI is InChI=1S/C20H17N3O4/c1-11-2-5-14(6-3-11)23-10-12(8-17(23)24)18(25)21-13-4-7-15-16(9-13)20(27)22-19(15)26/h2-7,9,12H,8,10H2,1H3,(H,21,25)(H,22,26,27). The maximum Gasteiger partial charge on any atom is 0.259 e. The summed E-state index contributed by atoms with van der Waals surface area (Å²) < 4.78 is 0. The predicted octanol–water partition coefficient (Wildman–Crippen LogP) is 1.87. The molecular formula is C20H17N3O4. The number of nitrogens with one attached hydrogen (secondary N) is 2. The third-order valence-electron chi connectivity index (χ3n) is 4.84. The van der Waals surface area contributed by atoms with E-state index in [0.717, 1.165) is 11.3 Å². The third-order valence-corrected chi connectivity index (χ3v) is 4.84. The Labute approximate surface area is 155 Å². The van der Waals surface area contributed by atoms with Crippen molar-refractivity contribution in [3.05, 3.63) is 59.2 Å². The average Bonchev–Trinajstić information content (AvgIpc) is 3.16. The zero-order valence-corrected chi connectivity index (χ0v) is 14.6. The van der Waals surface area contributed by atoms with E-state index in [1.807, 2.05) is 31.2 Å². The summed E-state index contributed by atoms with van der Waals surface area (Å²) in [5.41, 5.74) is 2.82. The van der Waals surface area contributed by atoms with Crippen molar-refractivity contribution in [2.75, 3.05) is 16.8 Å². The molecule has 2 aliphatic rings. The molecule has 1 fully saturated rings. The van der Waals surface area contributed by atoms with Gasteiger partial charge in [-0.3, -0.25) is 24.5 Å². The van der Waals surface area contributed by atoms with Gasteiger partial charge < -0.3 is 10.2 Å². The number of amides is 4. The maximum absolute atomic E-state index is 12.6. The minimum atomic E-state index is -0.484. The smallest absolute Gasteiger partial charge is 0.259 e. The summed E-state index contributed by atoms with van der Waals surface area (Å²) in [4.78, 5) is 49.8. The van der Waals surface area contributed by atoms with E-state index in [4.69, 9.17) is 0 Å². The van der Waals surface area contributed by atoms with E-state index in [1.165, 1.54) is 12.1 Å². The highest BCUT2D eigenvalue weighted by Gasteiger charge is 2.35. The molecule has 2 heterocycles. The summed E-state index contributed by atoms with van der Waals surface area (Å²) in [7, 11) is 0. The molecule has 0 aromatic heterocycles. The van der Waals surface area contributed by atoms with E-state index in [2.05, 4.69) is 10.6 Å². The molecule has 0 aliphatic carbocycles. The van der Waals surface area contributed by atoms with Crippen LogP contribution in [-0.2, 0) is 9.59 Å². The first-order chi connectivity index (χ1) is 12.9. The summed E-state index contributed by atoms with van der Waals surface area (Å²) in [5.74, 6) is -1.79. The second-order valence-corrected chi connectivity index (χ2v) is 6.77. The van der Waals surface area contributed by atoms with Gasteiger partial charge in [0.2, 0.25) is 11.8 Å². The number of rotatable bonds is 3. The molecule has 1 unspecified atom stereocenters. The molecule has 0 bridgehead atoms. The van der Waals surface area contributed by atoms with Crippen molar-refractivity contribution >= 4 is 35.0 Å². The van der Waals surface area contributed by atoms with Crippen molar-refractivity contribution in [1.82, 2.24) is 5.32 Å². The van der Waals surface area contributed by atoms with Crippen molar-refractivity contribution in [2.24, 2.45) is 5.92 Å². The van der Waals surface area contributed by atoms with Gasteiger partial charge in [0.25, 0.3) is 11.8 Å².